The highest BCUT2D eigenvalue weighted by molar-refractivity contribution is 7.72. The van der Waals surface area contributed by atoms with Crippen LogP contribution in [0.15, 0.2) is 78.9 Å². The standard InChI is InChI=1S/C21H21P/c1-17-9-8-11-19(15-17)16-22(20-12-4-3-5-13-20)21-14-7-6-10-18(21)2/h3-15H,16H2,1-2H3. The minimum Gasteiger partial charge on any atom is -0.0622 e. The van der Waals surface area contributed by atoms with Crippen molar-refractivity contribution in [1.29, 1.82) is 0 Å². The lowest BCUT2D eigenvalue weighted by Crippen LogP contribution is -2.15. The van der Waals surface area contributed by atoms with Crippen LogP contribution in [0.3, 0.4) is 0 Å². The van der Waals surface area contributed by atoms with Gasteiger partial charge in [0, 0.05) is 6.16 Å². The third kappa shape index (κ3) is 3.46. The lowest BCUT2D eigenvalue weighted by molar-refractivity contribution is 1.34. The van der Waals surface area contributed by atoms with Gasteiger partial charge in [-0.15, -0.1) is 0 Å². The van der Waals surface area contributed by atoms with E-state index in [0.717, 1.165) is 6.16 Å². The van der Waals surface area contributed by atoms with E-state index in [-0.39, 0.29) is 7.92 Å². The molecule has 0 aromatic heterocycles. The number of benzene rings is 3. The van der Waals surface area contributed by atoms with Crippen molar-refractivity contribution in [2.24, 2.45) is 0 Å². The lowest BCUT2D eigenvalue weighted by Gasteiger charge is -2.21. The highest BCUT2D eigenvalue weighted by atomic mass is 31.1. The Kier molecular flexibility index (Phi) is 4.71. The van der Waals surface area contributed by atoms with Crippen molar-refractivity contribution in [3.05, 3.63) is 95.6 Å². The van der Waals surface area contributed by atoms with Crippen LogP contribution in [0.25, 0.3) is 0 Å². The molecule has 0 aliphatic carbocycles. The highest BCUT2D eigenvalue weighted by Crippen LogP contribution is 2.38. The van der Waals surface area contributed by atoms with Gasteiger partial charge in [0.1, 0.15) is 0 Å². The van der Waals surface area contributed by atoms with E-state index >= 15 is 0 Å². The first-order chi connectivity index (χ1) is 10.7. The van der Waals surface area contributed by atoms with Crippen LogP contribution in [0, 0.1) is 13.8 Å². The van der Waals surface area contributed by atoms with E-state index in [1.165, 1.54) is 27.3 Å². The molecular weight excluding hydrogens is 283 g/mol. The van der Waals surface area contributed by atoms with E-state index in [9.17, 15) is 0 Å². The van der Waals surface area contributed by atoms with Crippen molar-refractivity contribution in [1.82, 2.24) is 0 Å². The fourth-order valence-electron chi connectivity index (χ4n) is 2.78. The Balaban J connectivity index is 2.02. The summed E-state index contributed by atoms with van der Waals surface area (Å²) in [4.78, 5) is 0. The first-order valence-electron chi connectivity index (χ1n) is 7.68. The van der Waals surface area contributed by atoms with E-state index in [1.807, 2.05) is 0 Å². The summed E-state index contributed by atoms with van der Waals surface area (Å²) in [6, 6.07) is 28.7. The Labute approximate surface area is 134 Å². The molecule has 0 aliphatic rings. The van der Waals surface area contributed by atoms with Crippen LogP contribution >= 0.6 is 7.92 Å². The smallest absolute Gasteiger partial charge is 0.000763 e. The zero-order valence-electron chi connectivity index (χ0n) is 13.2. The van der Waals surface area contributed by atoms with Crippen molar-refractivity contribution in [3.8, 4) is 0 Å². The van der Waals surface area contributed by atoms with E-state index in [1.54, 1.807) is 0 Å². The molecule has 1 unspecified atom stereocenters. The largest absolute Gasteiger partial charge is 0.0622 e. The Morgan fingerprint density at radius 3 is 2.18 bits per heavy atom. The monoisotopic (exact) mass is 304 g/mol. The van der Waals surface area contributed by atoms with Crippen LogP contribution in [-0.4, -0.2) is 0 Å². The summed E-state index contributed by atoms with van der Waals surface area (Å²) in [6.07, 6.45) is 1.10. The summed E-state index contributed by atoms with van der Waals surface area (Å²) < 4.78 is 0. The minimum atomic E-state index is -0.360. The molecule has 0 bridgehead atoms. The average Bonchev–Trinajstić information content (AvgIpc) is 2.54. The maximum atomic E-state index is 2.32. The predicted octanol–water partition coefficient (Wildman–Crippen LogP) is 4.94. The molecule has 3 rings (SSSR count). The average molecular weight is 304 g/mol. The summed E-state index contributed by atoms with van der Waals surface area (Å²) in [7, 11) is -0.360. The molecule has 3 aromatic carbocycles. The van der Waals surface area contributed by atoms with Crippen LogP contribution < -0.4 is 10.6 Å². The molecule has 1 heteroatoms. The van der Waals surface area contributed by atoms with Gasteiger partial charge < -0.3 is 0 Å². The van der Waals surface area contributed by atoms with E-state index in [0.29, 0.717) is 0 Å². The zero-order chi connectivity index (χ0) is 15.4. The van der Waals surface area contributed by atoms with Crippen LogP contribution in [0.2, 0.25) is 0 Å². The zero-order valence-corrected chi connectivity index (χ0v) is 14.1. The lowest BCUT2D eigenvalue weighted by atomic mass is 10.2. The summed E-state index contributed by atoms with van der Waals surface area (Å²) in [6.45, 7) is 4.39. The van der Waals surface area contributed by atoms with Crippen molar-refractivity contribution in [2.45, 2.75) is 20.0 Å². The van der Waals surface area contributed by atoms with Crippen molar-refractivity contribution in [3.63, 3.8) is 0 Å². The molecule has 0 aliphatic heterocycles. The predicted molar refractivity (Wildman–Crippen MR) is 98.7 cm³/mol. The fraction of sp³-hybridized carbons (Fsp3) is 0.143. The molecular formula is C21H21P. The van der Waals surface area contributed by atoms with Gasteiger partial charge in [-0.1, -0.05) is 84.4 Å². The van der Waals surface area contributed by atoms with Crippen molar-refractivity contribution < 1.29 is 0 Å². The van der Waals surface area contributed by atoms with Gasteiger partial charge in [-0.05, 0) is 43.5 Å². The maximum absolute atomic E-state index is 2.32. The molecule has 0 amide bonds. The van der Waals surface area contributed by atoms with E-state index in [4.69, 9.17) is 0 Å². The summed E-state index contributed by atoms with van der Waals surface area (Å²) in [5.41, 5.74) is 4.16. The van der Waals surface area contributed by atoms with Gasteiger partial charge in [0.25, 0.3) is 0 Å². The molecule has 0 saturated heterocycles. The molecule has 0 spiro atoms. The van der Waals surface area contributed by atoms with Crippen molar-refractivity contribution in [2.75, 3.05) is 0 Å². The first kappa shape index (κ1) is 15.0. The first-order valence-corrected chi connectivity index (χ1v) is 9.20. The van der Waals surface area contributed by atoms with E-state index in [2.05, 4.69) is 92.7 Å². The van der Waals surface area contributed by atoms with Crippen molar-refractivity contribution >= 4 is 18.5 Å². The molecule has 0 N–H and O–H groups in total. The molecule has 0 nitrogen and oxygen atoms in total. The molecule has 0 radical (unpaired) electrons. The third-order valence-electron chi connectivity index (χ3n) is 3.90. The summed E-state index contributed by atoms with van der Waals surface area (Å²) in [5, 5.41) is 2.94. The molecule has 0 fully saturated rings. The highest BCUT2D eigenvalue weighted by Gasteiger charge is 2.16. The number of aryl methyl sites for hydroxylation is 2. The quantitative estimate of drug-likeness (QED) is 0.599. The van der Waals surface area contributed by atoms with Gasteiger partial charge in [-0.25, -0.2) is 0 Å². The van der Waals surface area contributed by atoms with Crippen LogP contribution in [0.1, 0.15) is 16.7 Å². The van der Waals surface area contributed by atoms with Crippen LogP contribution in [-0.2, 0) is 6.16 Å². The Bertz CT molecular complexity index is 747. The normalized spacial score (nSPS) is 12.1. The number of hydrogen-bond acceptors (Lipinski definition) is 0. The maximum Gasteiger partial charge on any atom is 0.000763 e. The molecule has 110 valence electrons. The Hall–Kier alpha value is -1.91. The summed E-state index contributed by atoms with van der Waals surface area (Å²) in [5.74, 6) is 0. The van der Waals surface area contributed by atoms with Crippen LogP contribution in [0.4, 0.5) is 0 Å². The second-order valence-corrected chi connectivity index (χ2v) is 7.87. The van der Waals surface area contributed by atoms with Gasteiger partial charge in [0.15, 0.2) is 0 Å². The molecule has 0 saturated carbocycles. The van der Waals surface area contributed by atoms with Gasteiger partial charge in [0.05, 0.1) is 0 Å². The summed E-state index contributed by atoms with van der Waals surface area (Å²) >= 11 is 0. The second kappa shape index (κ2) is 6.90. The van der Waals surface area contributed by atoms with Gasteiger partial charge in [-0.3, -0.25) is 0 Å². The Morgan fingerprint density at radius 2 is 1.45 bits per heavy atom. The molecule has 0 heterocycles. The second-order valence-electron chi connectivity index (χ2n) is 5.70. The molecule has 1 atom stereocenters. The number of rotatable bonds is 4. The van der Waals surface area contributed by atoms with Gasteiger partial charge >= 0.3 is 0 Å². The van der Waals surface area contributed by atoms with Gasteiger partial charge in [0.2, 0.25) is 0 Å². The number of hydrogen-bond donors (Lipinski definition) is 0. The SMILES string of the molecule is Cc1cccc(CP(c2ccccc2)c2ccccc2C)c1. The minimum absolute atomic E-state index is 0.360. The fourth-order valence-corrected chi connectivity index (χ4v) is 5.27. The molecule has 3 aromatic rings. The third-order valence-corrected chi connectivity index (χ3v) is 6.58. The topological polar surface area (TPSA) is 0 Å². The van der Waals surface area contributed by atoms with Gasteiger partial charge in [-0.2, -0.15) is 0 Å². The van der Waals surface area contributed by atoms with E-state index < -0.39 is 0 Å². The Morgan fingerprint density at radius 1 is 0.727 bits per heavy atom. The molecule has 22 heavy (non-hydrogen) atoms. The van der Waals surface area contributed by atoms with Crippen LogP contribution in [0.5, 0.6) is 0 Å².